The Labute approximate surface area is 120 Å². The molecule has 3 rings (SSSR count). The van der Waals surface area contributed by atoms with Crippen molar-refractivity contribution >= 4 is 0 Å². The second kappa shape index (κ2) is 5.36. The third-order valence-corrected chi connectivity index (χ3v) is 3.22. The number of nitrogens with zero attached hydrogens (tertiary/aromatic N) is 2. The standard InChI is InChI=1S/C16H13FN2O2/c1-10-8-12(6-7-14(10)20)16-18-15(19-21-16)9-11-4-2-3-5-13(11)17/h2-8,20H,9H2,1H3. The second-order valence-corrected chi connectivity index (χ2v) is 4.79. The quantitative estimate of drug-likeness (QED) is 0.800. The zero-order valence-corrected chi connectivity index (χ0v) is 11.4. The van der Waals surface area contributed by atoms with Crippen molar-refractivity contribution in [2.24, 2.45) is 0 Å². The highest BCUT2D eigenvalue weighted by Crippen LogP contribution is 2.24. The minimum absolute atomic E-state index is 0.213. The molecule has 1 heterocycles. The highest BCUT2D eigenvalue weighted by molar-refractivity contribution is 5.56. The van der Waals surface area contributed by atoms with E-state index in [0.29, 0.717) is 17.3 Å². The molecule has 0 saturated heterocycles. The monoisotopic (exact) mass is 284 g/mol. The van der Waals surface area contributed by atoms with Gasteiger partial charge in [0.2, 0.25) is 0 Å². The Hall–Kier alpha value is -2.69. The van der Waals surface area contributed by atoms with E-state index in [0.717, 1.165) is 11.1 Å². The molecule has 106 valence electrons. The third kappa shape index (κ3) is 2.76. The molecular weight excluding hydrogens is 271 g/mol. The zero-order valence-electron chi connectivity index (χ0n) is 11.4. The van der Waals surface area contributed by atoms with E-state index in [4.69, 9.17) is 4.52 Å². The van der Waals surface area contributed by atoms with Gasteiger partial charge >= 0.3 is 0 Å². The minimum atomic E-state index is -0.288. The Morgan fingerprint density at radius 2 is 2.00 bits per heavy atom. The van der Waals surface area contributed by atoms with Gasteiger partial charge in [-0.2, -0.15) is 4.98 Å². The fourth-order valence-electron chi connectivity index (χ4n) is 2.04. The molecule has 0 aliphatic heterocycles. The lowest BCUT2D eigenvalue weighted by Crippen LogP contribution is -1.94. The van der Waals surface area contributed by atoms with Crippen LogP contribution in [-0.2, 0) is 6.42 Å². The fraction of sp³-hybridized carbons (Fsp3) is 0.125. The van der Waals surface area contributed by atoms with Crippen LogP contribution in [0.1, 0.15) is 17.0 Å². The number of rotatable bonds is 3. The molecule has 0 aliphatic carbocycles. The van der Waals surface area contributed by atoms with Gasteiger partial charge in [0.05, 0.1) is 0 Å². The molecular formula is C16H13FN2O2. The summed E-state index contributed by atoms with van der Waals surface area (Å²) >= 11 is 0. The number of benzene rings is 2. The Morgan fingerprint density at radius 1 is 1.19 bits per heavy atom. The summed E-state index contributed by atoms with van der Waals surface area (Å²) < 4.78 is 18.8. The Balaban J connectivity index is 1.86. The Bertz CT molecular complexity index is 783. The molecule has 0 fully saturated rings. The van der Waals surface area contributed by atoms with E-state index in [9.17, 15) is 9.50 Å². The Morgan fingerprint density at radius 3 is 2.76 bits per heavy atom. The van der Waals surface area contributed by atoms with Crippen molar-refractivity contribution in [2.45, 2.75) is 13.3 Å². The topological polar surface area (TPSA) is 59.2 Å². The maximum absolute atomic E-state index is 13.6. The summed E-state index contributed by atoms with van der Waals surface area (Å²) in [7, 11) is 0. The Kier molecular flexibility index (Phi) is 3.39. The summed E-state index contributed by atoms with van der Waals surface area (Å²) in [5.41, 5.74) is 1.96. The molecule has 0 radical (unpaired) electrons. The third-order valence-electron chi connectivity index (χ3n) is 3.22. The van der Waals surface area contributed by atoms with Crippen LogP contribution in [0, 0.1) is 12.7 Å². The first-order valence-electron chi connectivity index (χ1n) is 6.49. The van der Waals surface area contributed by atoms with Crippen LogP contribution in [0.25, 0.3) is 11.5 Å². The summed E-state index contributed by atoms with van der Waals surface area (Å²) in [6.07, 6.45) is 0.271. The number of hydrogen-bond acceptors (Lipinski definition) is 4. The van der Waals surface area contributed by atoms with Crippen LogP contribution < -0.4 is 0 Å². The lowest BCUT2D eigenvalue weighted by atomic mass is 10.1. The lowest BCUT2D eigenvalue weighted by molar-refractivity contribution is 0.423. The molecule has 1 N–H and O–H groups in total. The molecule has 0 spiro atoms. The average Bonchev–Trinajstić information content (AvgIpc) is 2.93. The van der Waals surface area contributed by atoms with Gasteiger partial charge in [-0.15, -0.1) is 0 Å². The maximum atomic E-state index is 13.6. The number of aryl methyl sites for hydroxylation is 1. The van der Waals surface area contributed by atoms with E-state index in [2.05, 4.69) is 10.1 Å². The van der Waals surface area contributed by atoms with Gasteiger partial charge in [-0.05, 0) is 42.3 Å². The summed E-state index contributed by atoms with van der Waals surface area (Å²) in [4.78, 5) is 4.26. The van der Waals surface area contributed by atoms with Crippen LogP contribution in [0.15, 0.2) is 47.0 Å². The van der Waals surface area contributed by atoms with Crippen LogP contribution in [0.2, 0.25) is 0 Å². The molecule has 0 atom stereocenters. The molecule has 0 aliphatic rings. The lowest BCUT2D eigenvalue weighted by Gasteiger charge is -1.99. The van der Waals surface area contributed by atoms with Crippen molar-refractivity contribution in [3.05, 3.63) is 65.2 Å². The molecule has 5 heteroatoms. The molecule has 0 unspecified atom stereocenters. The summed E-state index contributed by atoms with van der Waals surface area (Å²) in [6, 6.07) is 11.5. The number of aromatic nitrogens is 2. The average molecular weight is 284 g/mol. The molecule has 3 aromatic rings. The summed E-state index contributed by atoms with van der Waals surface area (Å²) in [6.45, 7) is 1.79. The number of halogens is 1. The molecule has 0 saturated carbocycles. The van der Waals surface area contributed by atoms with Crippen LogP contribution >= 0.6 is 0 Å². The smallest absolute Gasteiger partial charge is 0.257 e. The number of phenols is 1. The molecule has 0 bridgehead atoms. The SMILES string of the molecule is Cc1cc(-c2nc(Cc3ccccc3F)no2)ccc1O. The summed E-state index contributed by atoms with van der Waals surface area (Å²) in [5.74, 6) is 0.694. The maximum Gasteiger partial charge on any atom is 0.257 e. The first kappa shape index (κ1) is 13.3. The van der Waals surface area contributed by atoms with E-state index in [1.807, 2.05) is 0 Å². The summed E-state index contributed by atoms with van der Waals surface area (Å²) in [5, 5.41) is 13.4. The first-order chi connectivity index (χ1) is 10.1. The highest BCUT2D eigenvalue weighted by atomic mass is 19.1. The van der Waals surface area contributed by atoms with Gasteiger partial charge in [-0.1, -0.05) is 23.4 Å². The van der Waals surface area contributed by atoms with Gasteiger partial charge in [0.25, 0.3) is 5.89 Å². The molecule has 0 amide bonds. The molecule has 21 heavy (non-hydrogen) atoms. The van der Waals surface area contributed by atoms with E-state index >= 15 is 0 Å². The van der Waals surface area contributed by atoms with Gasteiger partial charge in [-0.3, -0.25) is 0 Å². The van der Waals surface area contributed by atoms with E-state index < -0.39 is 0 Å². The van der Waals surface area contributed by atoms with Crippen molar-refractivity contribution in [1.82, 2.24) is 10.1 Å². The van der Waals surface area contributed by atoms with Crippen LogP contribution in [0.5, 0.6) is 5.75 Å². The second-order valence-electron chi connectivity index (χ2n) is 4.79. The zero-order chi connectivity index (χ0) is 14.8. The molecule has 4 nitrogen and oxygen atoms in total. The van der Waals surface area contributed by atoms with E-state index in [1.165, 1.54) is 6.07 Å². The van der Waals surface area contributed by atoms with Gasteiger partial charge < -0.3 is 9.63 Å². The van der Waals surface area contributed by atoms with Gasteiger partial charge in [0.1, 0.15) is 11.6 Å². The van der Waals surface area contributed by atoms with Crippen LogP contribution in [0.3, 0.4) is 0 Å². The largest absolute Gasteiger partial charge is 0.508 e. The predicted octanol–water partition coefficient (Wildman–Crippen LogP) is 3.48. The van der Waals surface area contributed by atoms with Gasteiger partial charge in [-0.25, -0.2) is 4.39 Å². The predicted molar refractivity (Wildman–Crippen MR) is 75.3 cm³/mol. The molecule has 1 aromatic heterocycles. The van der Waals surface area contributed by atoms with Crippen molar-refractivity contribution in [3.63, 3.8) is 0 Å². The van der Waals surface area contributed by atoms with Gasteiger partial charge in [0.15, 0.2) is 5.82 Å². The fourth-order valence-corrected chi connectivity index (χ4v) is 2.04. The number of phenolic OH excluding ortho intramolecular Hbond substituents is 1. The van der Waals surface area contributed by atoms with Gasteiger partial charge in [0, 0.05) is 12.0 Å². The van der Waals surface area contributed by atoms with Crippen molar-refractivity contribution in [2.75, 3.05) is 0 Å². The number of aromatic hydroxyl groups is 1. The minimum Gasteiger partial charge on any atom is -0.508 e. The van der Waals surface area contributed by atoms with E-state index in [-0.39, 0.29) is 18.0 Å². The highest BCUT2D eigenvalue weighted by Gasteiger charge is 2.12. The van der Waals surface area contributed by atoms with Crippen LogP contribution in [0.4, 0.5) is 4.39 Å². The van der Waals surface area contributed by atoms with Crippen LogP contribution in [-0.4, -0.2) is 15.2 Å². The van der Waals surface area contributed by atoms with Crippen molar-refractivity contribution < 1.29 is 14.0 Å². The number of hydrogen-bond donors (Lipinski definition) is 1. The van der Waals surface area contributed by atoms with Crippen molar-refractivity contribution in [3.8, 4) is 17.2 Å². The van der Waals surface area contributed by atoms with E-state index in [1.54, 1.807) is 43.3 Å². The van der Waals surface area contributed by atoms with Crippen molar-refractivity contribution in [1.29, 1.82) is 0 Å². The first-order valence-corrected chi connectivity index (χ1v) is 6.49. The normalized spacial score (nSPS) is 10.8. The molecule has 2 aromatic carbocycles.